The minimum absolute atomic E-state index is 1.21. The van der Waals surface area contributed by atoms with Crippen molar-refractivity contribution >= 4 is 64.6 Å². The molecule has 12 aromatic rings. The number of rotatable bonds is 5. The molecule has 0 atom stereocenters. The first-order valence-corrected chi connectivity index (χ1v) is 20.8. The number of hydrogen-bond acceptors (Lipinski definition) is 0. The summed E-state index contributed by atoms with van der Waals surface area (Å²) in [5, 5.41) is 15.3. The van der Waals surface area contributed by atoms with Crippen molar-refractivity contribution in [3.8, 4) is 55.6 Å². The molecule has 60 heavy (non-hydrogen) atoms. The van der Waals surface area contributed by atoms with Gasteiger partial charge in [-0.1, -0.05) is 206 Å². The van der Waals surface area contributed by atoms with E-state index < -0.39 is 0 Å². The van der Waals surface area contributed by atoms with Crippen molar-refractivity contribution in [1.29, 1.82) is 0 Å². The Balaban J connectivity index is 1.04. The highest BCUT2D eigenvalue weighted by Gasteiger charge is 2.19. The van der Waals surface area contributed by atoms with Crippen molar-refractivity contribution in [1.82, 2.24) is 0 Å². The van der Waals surface area contributed by atoms with E-state index in [0.717, 1.165) is 0 Å². The minimum atomic E-state index is 1.21. The third-order valence-corrected chi connectivity index (χ3v) is 12.6. The van der Waals surface area contributed by atoms with Crippen LogP contribution in [0.3, 0.4) is 0 Å². The van der Waals surface area contributed by atoms with E-state index in [0.29, 0.717) is 0 Å². The van der Waals surface area contributed by atoms with Gasteiger partial charge in [0.1, 0.15) is 0 Å². The van der Waals surface area contributed by atoms with Gasteiger partial charge in [-0.3, -0.25) is 0 Å². The SMILES string of the molecule is c1ccc(-c2ccc3c(-c4cccc(-c5ccc6ccccc6c5)c4)c4ccccc4c(-c4ccc(-c5ccc6c7ccccc7c7ccccc7c6c5)cc4)c3c2)cc1. The lowest BCUT2D eigenvalue weighted by Crippen LogP contribution is -1.92. The molecule has 0 aromatic heterocycles. The van der Waals surface area contributed by atoms with E-state index in [1.807, 2.05) is 0 Å². The number of fused-ring (bicyclic) bond motifs is 9. The fraction of sp³-hybridized carbons (Fsp3) is 0. The molecule has 0 fully saturated rings. The summed E-state index contributed by atoms with van der Waals surface area (Å²) in [6.45, 7) is 0. The van der Waals surface area contributed by atoms with Gasteiger partial charge in [0.15, 0.2) is 0 Å². The lowest BCUT2D eigenvalue weighted by atomic mass is 9.84. The highest BCUT2D eigenvalue weighted by atomic mass is 14.2. The van der Waals surface area contributed by atoms with Crippen molar-refractivity contribution in [2.24, 2.45) is 0 Å². The summed E-state index contributed by atoms with van der Waals surface area (Å²) < 4.78 is 0. The van der Waals surface area contributed by atoms with Crippen LogP contribution in [-0.2, 0) is 0 Å². The first-order chi connectivity index (χ1) is 29.7. The van der Waals surface area contributed by atoms with E-state index in [1.54, 1.807) is 0 Å². The molecule has 0 bridgehead atoms. The fourth-order valence-electron chi connectivity index (χ4n) is 9.75. The Kier molecular flexibility index (Phi) is 7.96. The molecule has 0 spiro atoms. The summed E-state index contributed by atoms with van der Waals surface area (Å²) in [5.74, 6) is 0. The molecule has 0 unspecified atom stereocenters. The molecule has 12 aromatic carbocycles. The Bertz CT molecular complexity index is 3600. The average molecular weight is 759 g/mol. The summed E-state index contributed by atoms with van der Waals surface area (Å²) in [7, 11) is 0. The van der Waals surface area contributed by atoms with E-state index in [9.17, 15) is 0 Å². The van der Waals surface area contributed by atoms with Crippen LogP contribution in [0.5, 0.6) is 0 Å². The van der Waals surface area contributed by atoms with E-state index >= 15 is 0 Å². The molecule has 0 amide bonds. The van der Waals surface area contributed by atoms with Gasteiger partial charge in [-0.2, -0.15) is 0 Å². The van der Waals surface area contributed by atoms with Crippen LogP contribution < -0.4 is 0 Å². The Morgan fingerprint density at radius 1 is 0.150 bits per heavy atom. The molecule has 0 radical (unpaired) electrons. The van der Waals surface area contributed by atoms with Crippen LogP contribution in [0.4, 0.5) is 0 Å². The third kappa shape index (κ3) is 5.61. The van der Waals surface area contributed by atoms with Crippen LogP contribution in [-0.4, -0.2) is 0 Å². The number of benzene rings is 12. The van der Waals surface area contributed by atoms with Gasteiger partial charge in [0.2, 0.25) is 0 Å². The van der Waals surface area contributed by atoms with Gasteiger partial charge in [-0.05, 0) is 145 Å². The summed E-state index contributed by atoms with van der Waals surface area (Å²) in [6, 6.07) is 85.2. The van der Waals surface area contributed by atoms with Crippen molar-refractivity contribution < 1.29 is 0 Å². The normalized spacial score (nSPS) is 11.7. The zero-order valence-electron chi connectivity index (χ0n) is 32.9. The van der Waals surface area contributed by atoms with Crippen LogP contribution in [0.25, 0.3) is 120 Å². The molecule has 0 nitrogen and oxygen atoms in total. The standard InChI is InChI=1S/C60H38/c1-2-13-39(14-3-1)47-32-34-56-58(38-47)59(54-23-10-11-24-55(54)60(56)48-18-12-17-44(36-48)45-30-27-40-15-4-5-16-43(40)35-45)42-28-25-41(26-29-42)46-31-33-53-51-21-7-6-19-49(51)50-20-8-9-22-52(50)57(53)37-46/h1-38H. The van der Waals surface area contributed by atoms with Gasteiger partial charge in [0.25, 0.3) is 0 Å². The van der Waals surface area contributed by atoms with Crippen LogP contribution in [0.1, 0.15) is 0 Å². The molecular formula is C60H38. The average Bonchev–Trinajstić information content (AvgIpc) is 3.33. The van der Waals surface area contributed by atoms with Crippen molar-refractivity contribution in [2.75, 3.05) is 0 Å². The van der Waals surface area contributed by atoms with E-state index in [4.69, 9.17) is 0 Å². The summed E-state index contributed by atoms with van der Waals surface area (Å²) in [6.07, 6.45) is 0. The van der Waals surface area contributed by atoms with Gasteiger partial charge in [0.05, 0.1) is 0 Å². The molecule has 12 rings (SSSR count). The van der Waals surface area contributed by atoms with E-state index in [2.05, 4.69) is 231 Å². The summed E-state index contributed by atoms with van der Waals surface area (Å²) in [5.41, 5.74) is 12.2. The van der Waals surface area contributed by atoms with E-state index in [1.165, 1.54) is 120 Å². The van der Waals surface area contributed by atoms with Gasteiger partial charge < -0.3 is 0 Å². The van der Waals surface area contributed by atoms with Crippen LogP contribution in [0, 0.1) is 0 Å². The smallest absolute Gasteiger partial charge is 0.00261 e. The van der Waals surface area contributed by atoms with Crippen LogP contribution >= 0.6 is 0 Å². The predicted molar refractivity (Wildman–Crippen MR) is 259 cm³/mol. The lowest BCUT2D eigenvalue weighted by molar-refractivity contribution is 1.61. The second-order valence-electron chi connectivity index (χ2n) is 16.0. The molecule has 278 valence electrons. The fourth-order valence-corrected chi connectivity index (χ4v) is 9.75. The maximum absolute atomic E-state index is 2.41. The molecule has 0 aliphatic heterocycles. The maximum atomic E-state index is 2.41. The Labute approximate surface area is 349 Å². The second-order valence-corrected chi connectivity index (χ2v) is 16.0. The molecule has 0 N–H and O–H groups in total. The van der Waals surface area contributed by atoms with Crippen LogP contribution in [0.15, 0.2) is 231 Å². The Morgan fingerprint density at radius 3 is 1.22 bits per heavy atom. The van der Waals surface area contributed by atoms with Gasteiger partial charge >= 0.3 is 0 Å². The monoisotopic (exact) mass is 758 g/mol. The predicted octanol–water partition coefficient (Wildman–Crippen LogP) is 16.9. The number of hydrogen-bond donors (Lipinski definition) is 0. The zero-order valence-corrected chi connectivity index (χ0v) is 32.9. The summed E-state index contributed by atoms with van der Waals surface area (Å²) in [4.78, 5) is 0. The zero-order chi connectivity index (χ0) is 39.6. The first-order valence-electron chi connectivity index (χ1n) is 20.8. The lowest BCUT2D eigenvalue weighted by Gasteiger charge is -2.19. The molecular weight excluding hydrogens is 721 g/mol. The van der Waals surface area contributed by atoms with Crippen molar-refractivity contribution in [2.45, 2.75) is 0 Å². The third-order valence-electron chi connectivity index (χ3n) is 12.6. The Morgan fingerprint density at radius 2 is 0.533 bits per heavy atom. The molecule has 0 heterocycles. The van der Waals surface area contributed by atoms with E-state index in [-0.39, 0.29) is 0 Å². The Hall–Kier alpha value is -7.80. The minimum Gasteiger partial charge on any atom is -0.0622 e. The second kappa shape index (κ2) is 13.9. The molecule has 0 aliphatic rings. The van der Waals surface area contributed by atoms with Crippen molar-refractivity contribution in [3.05, 3.63) is 231 Å². The maximum Gasteiger partial charge on any atom is -0.00261 e. The van der Waals surface area contributed by atoms with Gasteiger partial charge in [0, 0.05) is 0 Å². The molecule has 0 heteroatoms. The highest BCUT2D eigenvalue weighted by Crippen LogP contribution is 2.46. The molecule has 0 saturated heterocycles. The van der Waals surface area contributed by atoms with Crippen molar-refractivity contribution in [3.63, 3.8) is 0 Å². The highest BCUT2D eigenvalue weighted by molar-refractivity contribution is 6.26. The van der Waals surface area contributed by atoms with Gasteiger partial charge in [-0.25, -0.2) is 0 Å². The quantitative estimate of drug-likeness (QED) is 0.121. The van der Waals surface area contributed by atoms with Gasteiger partial charge in [-0.15, -0.1) is 0 Å². The molecule has 0 saturated carbocycles. The summed E-state index contributed by atoms with van der Waals surface area (Å²) >= 11 is 0. The topological polar surface area (TPSA) is 0 Å². The van der Waals surface area contributed by atoms with Crippen LogP contribution in [0.2, 0.25) is 0 Å². The largest absolute Gasteiger partial charge is 0.0622 e. The molecule has 0 aliphatic carbocycles. The first kappa shape index (κ1) is 34.3.